The molecule has 1 fully saturated rings. The Balaban J connectivity index is 1.31. The molecule has 5 rings (SSSR count). The van der Waals surface area contributed by atoms with E-state index in [1.165, 1.54) is 23.1 Å². The minimum atomic E-state index is 0.127. The third-order valence-electron chi connectivity index (χ3n) is 6.73. The molecular formula is C25H31N5O. The molecule has 3 heterocycles. The summed E-state index contributed by atoms with van der Waals surface area (Å²) in [6.07, 6.45) is 8.29. The number of piperidine rings is 1. The van der Waals surface area contributed by atoms with E-state index in [9.17, 15) is 4.79 Å². The van der Waals surface area contributed by atoms with Crippen LogP contribution in [0.2, 0.25) is 0 Å². The van der Waals surface area contributed by atoms with Crippen LogP contribution in [-0.2, 0) is 25.9 Å². The van der Waals surface area contributed by atoms with Gasteiger partial charge in [-0.1, -0.05) is 18.2 Å². The molecule has 1 unspecified atom stereocenters. The average Bonchev–Trinajstić information content (AvgIpc) is 3.20. The number of aromatic nitrogens is 3. The Morgan fingerprint density at radius 1 is 1.19 bits per heavy atom. The van der Waals surface area contributed by atoms with Crippen molar-refractivity contribution in [2.75, 3.05) is 13.1 Å². The highest BCUT2D eigenvalue weighted by atomic mass is 16.2. The molecule has 2 aliphatic rings. The molecule has 162 valence electrons. The van der Waals surface area contributed by atoms with Crippen LogP contribution in [0.1, 0.15) is 59.9 Å². The van der Waals surface area contributed by atoms with Crippen LogP contribution in [0.5, 0.6) is 0 Å². The first-order chi connectivity index (χ1) is 15.2. The summed E-state index contributed by atoms with van der Waals surface area (Å²) in [4.78, 5) is 19.8. The smallest absolute Gasteiger partial charge is 0.274 e. The van der Waals surface area contributed by atoms with E-state index in [0.29, 0.717) is 11.7 Å². The zero-order chi connectivity index (χ0) is 21.2. The fourth-order valence-corrected chi connectivity index (χ4v) is 5.02. The van der Waals surface area contributed by atoms with Crippen molar-refractivity contribution >= 4 is 16.8 Å². The SMILES string of the molecule is CCn1nc(C(=O)N2CCCCC2)c2c1CCC(NCc1cnc3ccccc3c1)C2. The number of para-hydroxylation sites is 1. The summed E-state index contributed by atoms with van der Waals surface area (Å²) >= 11 is 0. The summed E-state index contributed by atoms with van der Waals surface area (Å²) < 4.78 is 2.05. The molecule has 1 N–H and O–H groups in total. The molecule has 0 radical (unpaired) electrons. The van der Waals surface area contributed by atoms with Crippen LogP contribution in [0.4, 0.5) is 0 Å². The topological polar surface area (TPSA) is 63.1 Å². The second-order valence-electron chi connectivity index (χ2n) is 8.80. The highest BCUT2D eigenvalue weighted by Crippen LogP contribution is 2.27. The predicted octanol–water partition coefficient (Wildman–Crippen LogP) is 3.72. The van der Waals surface area contributed by atoms with E-state index in [0.717, 1.165) is 69.4 Å². The Morgan fingerprint density at radius 3 is 2.87 bits per heavy atom. The zero-order valence-electron chi connectivity index (χ0n) is 18.3. The van der Waals surface area contributed by atoms with Crippen LogP contribution < -0.4 is 5.32 Å². The normalized spacial score (nSPS) is 18.9. The number of hydrogen-bond acceptors (Lipinski definition) is 4. The average molecular weight is 418 g/mol. The van der Waals surface area contributed by atoms with Crippen LogP contribution in [-0.4, -0.2) is 44.7 Å². The molecule has 1 aromatic carbocycles. The lowest BCUT2D eigenvalue weighted by atomic mass is 9.90. The Hall–Kier alpha value is -2.73. The summed E-state index contributed by atoms with van der Waals surface area (Å²) in [5, 5.41) is 9.65. The molecule has 1 atom stereocenters. The quantitative estimate of drug-likeness (QED) is 0.687. The van der Waals surface area contributed by atoms with Crippen molar-refractivity contribution in [1.29, 1.82) is 0 Å². The van der Waals surface area contributed by atoms with Gasteiger partial charge < -0.3 is 10.2 Å². The third-order valence-corrected chi connectivity index (χ3v) is 6.73. The number of nitrogens with one attached hydrogen (secondary N) is 1. The van der Waals surface area contributed by atoms with Gasteiger partial charge in [0.05, 0.1) is 5.52 Å². The van der Waals surface area contributed by atoms with Gasteiger partial charge in [0.2, 0.25) is 0 Å². The molecule has 1 amide bonds. The fraction of sp³-hybridized carbons (Fsp3) is 0.480. The second-order valence-corrected chi connectivity index (χ2v) is 8.80. The molecule has 6 nitrogen and oxygen atoms in total. The van der Waals surface area contributed by atoms with E-state index in [2.05, 4.69) is 40.1 Å². The molecule has 1 saturated heterocycles. The van der Waals surface area contributed by atoms with Crippen LogP contribution in [0.25, 0.3) is 10.9 Å². The van der Waals surface area contributed by atoms with Crippen LogP contribution in [0, 0.1) is 0 Å². The van der Waals surface area contributed by atoms with E-state index in [4.69, 9.17) is 5.10 Å². The second kappa shape index (κ2) is 8.79. The van der Waals surface area contributed by atoms with Crippen molar-refractivity contribution in [2.45, 2.75) is 64.6 Å². The van der Waals surface area contributed by atoms with Gasteiger partial charge >= 0.3 is 0 Å². The predicted molar refractivity (Wildman–Crippen MR) is 122 cm³/mol. The van der Waals surface area contributed by atoms with E-state index in [1.807, 2.05) is 23.2 Å². The van der Waals surface area contributed by atoms with Crippen molar-refractivity contribution in [3.8, 4) is 0 Å². The fourth-order valence-electron chi connectivity index (χ4n) is 5.02. The molecule has 0 spiro atoms. The van der Waals surface area contributed by atoms with E-state index >= 15 is 0 Å². The van der Waals surface area contributed by atoms with Crippen molar-refractivity contribution in [1.82, 2.24) is 25.0 Å². The maximum Gasteiger partial charge on any atom is 0.274 e. The van der Waals surface area contributed by atoms with Gasteiger partial charge in [-0.3, -0.25) is 14.5 Å². The number of aryl methyl sites for hydroxylation is 1. The molecule has 2 aromatic heterocycles. The van der Waals surface area contributed by atoms with Crippen LogP contribution in [0.15, 0.2) is 36.5 Å². The largest absolute Gasteiger partial charge is 0.337 e. The number of nitrogens with zero attached hydrogens (tertiary/aromatic N) is 4. The lowest BCUT2D eigenvalue weighted by Gasteiger charge is -2.27. The van der Waals surface area contributed by atoms with E-state index in [-0.39, 0.29) is 5.91 Å². The van der Waals surface area contributed by atoms with Gasteiger partial charge in [0.1, 0.15) is 0 Å². The third kappa shape index (κ3) is 4.09. The van der Waals surface area contributed by atoms with E-state index in [1.54, 1.807) is 0 Å². The van der Waals surface area contributed by atoms with Crippen LogP contribution in [0.3, 0.4) is 0 Å². The van der Waals surface area contributed by atoms with E-state index < -0.39 is 0 Å². The number of rotatable bonds is 5. The molecule has 3 aromatic rings. The highest BCUT2D eigenvalue weighted by molar-refractivity contribution is 5.94. The van der Waals surface area contributed by atoms with Gasteiger partial charge in [-0.05, 0) is 63.1 Å². The first kappa shape index (κ1) is 20.2. The van der Waals surface area contributed by atoms with Crippen LogP contribution >= 0.6 is 0 Å². The Bertz CT molecular complexity index is 1080. The number of fused-ring (bicyclic) bond motifs is 2. The van der Waals surface area contributed by atoms with Crippen molar-refractivity contribution in [3.63, 3.8) is 0 Å². The number of carbonyl (C=O) groups excluding carboxylic acids is 1. The Morgan fingerprint density at radius 2 is 2.03 bits per heavy atom. The minimum Gasteiger partial charge on any atom is -0.337 e. The summed E-state index contributed by atoms with van der Waals surface area (Å²) in [6, 6.07) is 10.8. The molecule has 31 heavy (non-hydrogen) atoms. The Kier molecular flexibility index (Phi) is 5.72. The van der Waals surface area contributed by atoms with Crippen molar-refractivity contribution in [3.05, 3.63) is 59.0 Å². The maximum absolute atomic E-state index is 13.2. The first-order valence-electron chi connectivity index (χ1n) is 11.7. The summed E-state index contributed by atoms with van der Waals surface area (Å²) in [7, 11) is 0. The van der Waals surface area contributed by atoms with Gasteiger partial charge in [-0.15, -0.1) is 0 Å². The maximum atomic E-state index is 13.2. The molecule has 6 heteroatoms. The molecular weight excluding hydrogens is 386 g/mol. The number of carbonyl (C=O) groups is 1. The van der Waals surface area contributed by atoms with Gasteiger partial charge in [0.25, 0.3) is 5.91 Å². The number of hydrogen-bond donors (Lipinski definition) is 1. The number of benzene rings is 1. The van der Waals surface area contributed by atoms with Crippen molar-refractivity contribution < 1.29 is 4.79 Å². The number of pyridine rings is 1. The monoisotopic (exact) mass is 417 g/mol. The molecule has 0 bridgehead atoms. The van der Waals surface area contributed by atoms with Crippen molar-refractivity contribution in [2.24, 2.45) is 0 Å². The summed E-state index contributed by atoms with van der Waals surface area (Å²) in [5.41, 5.74) is 5.34. The van der Waals surface area contributed by atoms with Gasteiger partial charge in [-0.25, -0.2) is 0 Å². The van der Waals surface area contributed by atoms with Gasteiger partial charge in [0, 0.05) is 55.1 Å². The van der Waals surface area contributed by atoms with Gasteiger partial charge in [0.15, 0.2) is 5.69 Å². The molecule has 1 aliphatic heterocycles. The lowest BCUT2D eigenvalue weighted by Crippen LogP contribution is -2.38. The number of amides is 1. The minimum absolute atomic E-state index is 0.127. The zero-order valence-corrected chi connectivity index (χ0v) is 18.3. The number of likely N-dealkylation sites (tertiary alicyclic amines) is 1. The summed E-state index contributed by atoms with van der Waals surface area (Å²) in [5.74, 6) is 0.127. The molecule has 1 aliphatic carbocycles. The Labute approximate surface area is 183 Å². The molecule has 0 saturated carbocycles. The highest BCUT2D eigenvalue weighted by Gasteiger charge is 2.31. The standard InChI is InChI=1S/C25H31N5O/c1-2-30-23-11-10-20(26-16-18-14-19-8-4-5-9-22(19)27-17-18)15-21(23)24(28-30)25(31)29-12-6-3-7-13-29/h4-5,8-9,14,17,20,26H,2-3,6-7,10-13,15-16H2,1H3. The summed E-state index contributed by atoms with van der Waals surface area (Å²) in [6.45, 7) is 5.44. The lowest BCUT2D eigenvalue weighted by molar-refractivity contribution is 0.0716. The van der Waals surface area contributed by atoms with Gasteiger partial charge in [-0.2, -0.15) is 5.10 Å². The first-order valence-corrected chi connectivity index (χ1v) is 11.7.